The zero-order chi connectivity index (χ0) is 16.5. The molecule has 0 unspecified atom stereocenters. The standard InChI is InChI=1S/C17H19N5O2/c1-11-13-4-2-3-5-14(13)19-17(18-11)9-22-8-15(20-21-22)16-7-6-12(10-23)24-16/h6-8,23H,2-5,9-10H2,1H3. The Kier molecular flexibility index (Phi) is 3.86. The van der Waals surface area contributed by atoms with Crippen LogP contribution in [0.25, 0.3) is 11.5 Å². The van der Waals surface area contributed by atoms with Gasteiger partial charge in [-0.25, -0.2) is 14.6 Å². The Bertz CT molecular complexity index is 868. The van der Waals surface area contributed by atoms with E-state index >= 15 is 0 Å². The number of aliphatic hydroxyl groups excluding tert-OH is 1. The molecule has 1 aliphatic carbocycles. The highest BCUT2D eigenvalue weighted by Crippen LogP contribution is 2.22. The summed E-state index contributed by atoms with van der Waals surface area (Å²) in [6, 6.07) is 3.50. The van der Waals surface area contributed by atoms with Crippen molar-refractivity contribution in [1.82, 2.24) is 25.0 Å². The first-order valence-electron chi connectivity index (χ1n) is 8.18. The molecule has 0 saturated heterocycles. The normalized spacial score (nSPS) is 13.9. The van der Waals surface area contributed by atoms with E-state index in [0.29, 0.717) is 23.8 Å². The summed E-state index contributed by atoms with van der Waals surface area (Å²) >= 11 is 0. The number of aryl methyl sites for hydroxylation is 2. The van der Waals surface area contributed by atoms with Gasteiger partial charge in [0.2, 0.25) is 0 Å². The van der Waals surface area contributed by atoms with Crippen LogP contribution in [0, 0.1) is 6.92 Å². The first kappa shape index (κ1) is 15.0. The van der Waals surface area contributed by atoms with Gasteiger partial charge in [0.05, 0.1) is 6.20 Å². The molecule has 0 atom stereocenters. The average molecular weight is 325 g/mol. The second-order valence-corrected chi connectivity index (χ2v) is 6.08. The fraction of sp³-hybridized carbons (Fsp3) is 0.412. The van der Waals surface area contributed by atoms with E-state index < -0.39 is 0 Å². The number of aliphatic hydroxyl groups is 1. The molecule has 0 spiro atoms. The van der Waals surface area contributed by atoms with Crippen molar-refractivity contribution in [1.29, 1.82) is 0 Å². The molecule has 0 amide bonds. The zero-order valence-electron chi connectivity index (χ0n) is 13.6. The van der Waals surface area contributed by atoms with Crippen molar-refractivity contribution in [2.75, 3.05) is 0 Å². The van der Waals surface area contributed by atoms with Crippen molar-refractivity contribution in [2.45, 2.75) is 45.8 Å². The maximum Gasteiger partial charge on any atom is 0.156 e. The van der Waals surface area contributed by atoms with Gasteiger partial charge in [-0.2, -0.15) is 0 Å². The Balaban J connectivity index is 1.57. The molecule has 0 radical (unpaired) electrons. The number of rotatable bonds is 4. The fourth-order valence-electron chi connectivity index (χ4n) is 3.15. The Morgan fingerprint density at radius 2 is 2.08 bits per heavy atom. The van der Waals surface area contributed by atoms with Gasteiger partial charge in [-0.15, -0.1) is 5.10 Å². The van der Waals surface area contributed by atoms with Crippen molar-refractivity contribution < 1.29 is 9.52 Å². The van der Waals surface area contributed by atoms with Crippen molar-refractivity contribution in [3.63, 3.8) is 0 Å². The third kappa shape index (κ3) is 2.82. The first-order chi connectivity index (χ1) is 11.7. The Morgan fingerprint density at radius 3 is 2.92 bits per heavy atom. The molecule has 0 aromatic carbocycles. The van der Waals surface area contributed by atoms with Crippen LogP contribution in [-0.2, 0) is 26.0 Å². The highest BCUT2D eigenvalue weighted by atomic mass is 16.4. The van der Waals surface area contributed by atoms with Crippen molar-refractivity contribution in [3.05, 3.63) is 46.9 Å². The summed E-state index contributed by atoms with van der Waals surface area (Å²) in [6.07, 6.45) is 6.34. The molecule has 1 aliphatic rings. The summed E-state index contributed by atoms with van der Waals surface area (Å²) in [5.41, 5.74) is 4.21. The molecule has 0 fully saturated rings. The molecule has 0 bridgehead atoms. The van der Waals surface area contributed by atoms with Gasteiger partial charge in [0.1, 0.15) is 30.4 Å². The van der Waals surface area contributed by atoms with Crippen molar-refractivity contribution >= 4 is 0 Å². The monoisotopic (exact) mass is 325 g/mol. The largest absolute Gasteiger partial charge is 0.457 e. The third-order valence-corrected chi connectivity index (χ3v) is 4.35. The topological polar surface area (TPSA) is 89.9 Å². The van der Waals surface area contributed by atoms with E-state index in [9.17, 15) is 0 Å². The van der Waals surface area contributed by atoms with Crippen LogP contribution in [0.5, 0.6) is 0 Å². The van der Waals surface area contributed by atoms with Gasteiger partial charge < -0.3 is 9.52 Å². The number of hydrogen-bond donors (Lipinski definition) is 1. The summed E-state index contributed by atoms with van der Waals surface area (Å²) in [5, 5.41) is 17.3. The van der Waals surface area contributed by atoms with Crippen LogP contribution in [0.3, 0.4) is 0 Å². The lowest BCUT2D eigenvalue weighted by atomic mass is 9.95. The summed E-state index contributed by atoms with van der Waals surface area (Å²) in [5.74, 6) is 1.86. The second kappa shape index (κ2) is 6.16. The van der Waals surface area contributed by atoms with Gasteiger partial charge in [-0.3, -0.25) is 0 Å². The summed E-state index contributed by atoms with van der Waals surface area (Å²) in [6.45, 7) is 2.41. The van der Waals surface area contributed by atoms with Crippen LogP contribution in [0.2, 0.25) is 0 Å². The molecule has 7 nitrogen and oxygen atoms in total. The molecule has 1 N–H and O–H groups in total. The Hall–Kier alpha value is -2.54. The van der Waals surface area contributed by atoms with Gasteiger partial charge in [-0.1, -0.05) is 5.21 Å². The molecule has 4 rings (SSSR count). The van der Waals surface area contributed by atoms with Gasteiger partial charge >= 0.3 is 0 Å². The lowest BCUT2D eigenvalue weighted by Gasteiger charge is -2.17. The number of hydrogen-bond acceptors (Lipinski definition) is 6. The number of furan rings is 1. The highest BCUT2D eigenvalue weighted by Gasteiger charge is 2.16. The van der Waals surface area contributed by atoms with Crippen LogP contribution in [0.1, 0.15) is 41.4 Å². The van der Waals surface area contributed by atoms with Crippen LogP contribution < -0.4 is 0 Å². The van der Waals surface area contributed by atoms with Gasteiger partial charge in [0.15, 0.2) is 5.76 Å². The van der Waals surface area contributed by atoms with Crippen LogP contribution in [0.4, 0.5) is 0 Å². The summed E-state index contributed by atoms with van der Waals surface area (Å²) in [4.78, 5) is 9.34. The van der Waals surface area contributed by atoms with Crippen molar-refractivity contribution in [2.24, 2.45) is 0 Å². The summed E-state index contributed by atoms with van der Waals surface area (Å²) in [7, 11) is 0. The van der Waals surface area contributed by atoms with Crippen molar-refractivity contribution in [3.8, 4) is 11.5 Å². The van der Waals surface area contributed by atoms with Crippen LogP contribution in [-0.4, -0.2) is 30.1 Å². The Morgan fingerprint density at radius 1 is 1.21 bits per heavy atom. The molecule has 3 aromatic rings. The average Bonchev–Trinajstić information content (AvgIpc) is 3.24. The third-order valence-electron chi connectivity index (χ3n) is 4.35. The quantitative estimate of drug-likeness (QED) is 0.789. The lowest BCUT2D eigenvalue weighted by molar-refractivity contribution is 0.248. The second-order valence-electron chi connectivity index (χ2n) is 6.08. The van der Waals surface area contributed by atoms with Gasteiger partial charge in [-0.05, 0) is 50.3 Å². The lowest BCUT2D eigenvalue weighted by Crippen LogP contribution is -2.14. The minimum atomic E-state index is -0.129. The van der Waals surface area contributed by atoms with E-state index in [2.05, 4.69) is 22.2 Å². The molecule has 3 aromatic heterocycles. The van der Waals surface area contributed by atoms with E-state index in [4.69, 9.17) is 14.5 Å². The van der Waals surface area contributed by atoms with E-state index in [-0.39, 0.29) is 6.61 Å². The SMILES string of the molecule is Cc1nc(Cn2cc(-c3ccc(CO)o3)nn2)nc2c1CCCC2. The van der Waals surface area contributed by atoms with Crippen LogP contribution in [0.15, 0.2) is 22.7 Å². The molecule has 0 saturated carbocycles. The van der Waals surface area contributed by atoms with E-state index in [0.717, 1.165) is 24.4 Å². The fourth-order valence-corrected chi connectivity index (χ4v) is 3.15. The van der Waals surface area contributed by atoms with Gasteiger partial charge in [0.25, 0.3) is 0 Å². The van der Waals surface area contributed by atoms with E-state index in [1.54, 1.807) is 23.0 Å². The minimum absolute atomic E-state index is 0.129. The zero-order valence-corrected chi connectivity index (χ0v) is 13.6. The molecule has 124 valence electrons. The highest BCUT2D eigenvalue weighted by molar-refractivity contribution is 5.50. The van der Waals surface area contributed by atoms with E-state index in [1.165, 1.54) is 24.1 Å². The number of nitrogens with zero attached hydrogens (tertiary/aromatic N) is 5. The maximum absolute atomic E-state index is 9.07. The molecule has 3 heterocycles. The molecule has 0 aliphatic heterocycles. The molecule has 24 heavy (non-hydrogen) atoms. The predicted molar refractivity (Wildman–Crippen MR) is 86.2 cm³/mol. The minimum Gasteiger partial charge on any atom is -0.457 e. The first-order valence-corrected chi connectivity index (χ1v) is 8.18. The Labute approximate surface area is 139 Å². The molecule has 7 heteroatoms. The predicted octanol–water partition coefficient (Wildman–Crippen LogP) is 2.06. The maximum atomic E-state index is 9.07. The summed E-state index contributed by atoms with van der Waals surface area (Å²) < 4.78 is 7.19. The van der Waals surface area contributed by atoms with E-state index in [1.807, 2.05) is 0 Å². The van der Waals surface area contributed by atoms with Gasteiger partial charge in [0, 0.05) is 11.4 Å². The smallest absolute Gasteiger partial charge is 0.156 e. The number of fused-ring (bicyclic) bond motifs is 1. The number of aromatic nitrogens is 5. The molecular formula is C17H19N5O2. The van der Waals surface area contributed by atoms with Crippen LogP contribution >= 0.6 is 0 Å². The molecular weight excluding hydrogens is 306 g/mol.